The van der Waals surface area contributed by atoms with Gasteiger partial charge in [0, 0.05) is 41.1 Å². The summed E-state index contributed by atoms with van der Waals surface area (Å²) < 4.78 is 47.6. The maximum Gasteiger partial charge on any atom is 0.406 e. The minimum absolute atomic E-state index is 0.216. The van der Waals surface area contributed by atoms with E-state index in [1.54, 1.807) is 37.1 Å². The van der Waals surface area contributed by atoms with Crippen LogP contribution >= 0.6 is 11.8 Å². The number of β-amino-alcohol motifs (C(OH)–C–C–N with tert-alkyl or cyclic N) is 1. The van der Waals surface area contributed by atoms with E-state index in [9.17, 15) is 18.3 Å². The van der Waals surface area contributed by atoms with Gasteiger partial charge in [-0.15, -0.1) is 11.8 Å². The Bertz CT molecular complexity index is 1410. The smallest absolute Gasteiger partial charge is 0.406 e. The lowest BCUT2D eigenvalue weighted by Crippen LogP contribution is -2.39. The number of fused-ring (bicyclic) bond motifs is 1. The summed E-state index contributed by atoms with van der Waals surface area (Å²) in [5.74, 6) is 6.67. The van der Waals surface area contributed by atoms with Crippen molar-refractivity contribution in [1.82, 2.24) is 9.47 Å². The van der Waals surface area contributed by atoms with Crippen molar-refractivity contribution < 1.29 is 23.0 Å². The van der Waals surface area contributed by atoms with Crippen molar-refractivity contribution in [3.63, 3.8) is 0 Å². The predicted octanol–water partition coefficient (Wildman–Crippen LogP) is 6.19. The van der Waals surface area contributed by atoms with Gasteiger partial charge in [-0.1, -0.05) is 12.0 Å². The molecule has 1 aliphatic carbocycles. The number of methoxy groups -OCH3 is 1. The van der Waals surface area contributed by atoms with Crippen LogP contribution in [0.4, 0.5) is 24.5 Å². The van der Waals surface area contributed by atoms with Gasteiger partial charge in [0.25, 0.3) is 0 Å². The van der Waals surface area contributed by atoms with E-state index >= 15 is 0 Å². The molecule has 2 aromatic carbocycles. The molecule has 2 fully saturated rings. The molecule has 6 nitrogen and oxygen atoms in total. The van der Waals surface area contributed by atoms with E-state index in [2.05, 4.69) is 27.4 Å². The molecule has 3 N–H and O–H groups in total. The molecule has 5 rings (SSSR count). The quantitative estimate of drug-likeness (QED) is 0.216. The molecule has 1 unspecified atom stereocenters. The van der Waals surface area contributed by atoms with Crippen molar-refractivity contribution >= 4 is 34.0 Å². The first-order valence-corrected chi connectivity index (χ1v) is 15.3. The number of likely N-dealkylation sites (tertiary alicyclic amines) is 1. The van der Waals surface area contributed by atoms with Crippen LogP contribution in [-0.4, -0.2) is 71.9 Å². The van der Waals surface area contributed by atoms with Crippen molar-refractivity contribution in [2.75, 3.05) is 43.6 Å². The molecule has 1 aromatic heterocycles. The van der Waals surface area contributed by atoms with Gasteiger partial charge in [0.05, 0.1) is 36.7 Å². The van der Waals surface area contributed by atoms with Gasteiger partial charge in [0.1, 0.15) is 12.3 Å². The minimum atomic E-state index is -4.38. The first kappa shape index (κ1) is 29.5. The highest BCUT2D eigenvalue weighted by molar-refractivity contribution is 7.98. The molecule has 220 valence electrons. The lowest BCUT2D eigenvalue weighted by molar-refractivity contribution is -0.140. The summed E-state index contributed by atoms with van der Waals surface area (Å²) in [7, 11) is 1.60. The Morgan fingerprint density at radius 3 is 2.56 bits per heavy atom. The van der Waals surface area contributed by atoms with E-state index in [4.69, 9.17) is 4.74 Å². The van der Waals surface area contributed by atoms with Gasteiger partial charge < -0.3 is 25.0 Å². The summed E-state index contributed by atoms with van der Waals surface area (Å²) in [5, 5.41) is 17.5. The second-order valence-electron chi connectivity index (χ2n) is 10.8. The Balaban J connectivity index is 1.32. The van der Waals surface area contributed by atoms with Crippen molar-refractivity contribution in [3.8, 4) is 17.6 Å². The Morgan fingerprint density at radius 1 is 1.07 bits per heavy atom. The number of aliphatic hydroxyl groups excluding tert-OH is 1. The minimum Gasteiger partial charge on any atom is -0.495 e. The second-order valence-corrected chi connectivity index (χ2v) is 11.7. The molecule has 2 aliphatic rings. The number of nitrogens with zero attached hydrogens (tertiary/aromatic N) is 2. The monoisotopic (exact) mass is 586 g/mol. The zero-order valence-electron chi connectivity index (χ0n) is 23.4. The number of aromatic nitrogens is 1. The Hall–Kier alpha value is -3.00. The highest BCUT2D eigenvalue weighted by Crippen LogP contribution is 2.33. The lowest BCUT2D eigenvalue weighted by Gasteiger charge is -2.35. The van der Waals surface area contributed by atoms with E-state index < -0.39 is 12.7 Å². The highest BCUT2D eigenvalue weighted by Gasteiger charge is 2.32. The Kier molecular flexibility index (Phi) is 9.27. The number of halogens is 3. The third kappa shape index (κ3) is 7.26. The first-order chi connectivity index (χ1) is 19.7. The predicted molar refractivity (Wildman–Crippen MR) is 160 cm³/mol. The van der Waals surface area contributed by atoms with Crippen LogP contribution in [0.25, 0.3) is 10.9 Å². The van der Waals surface area contributed by atoms with Crippen molar-refractivity contribution in [2.45, 2.75) is 67.9 Å². The number of ether oxygens (including phenoxy) is 1. The number of benzene rings is 2. The third-order valence-electron chi connectivity index (χ3n) is 8.04. The van der Waals surface area contributed by atoms with Crippen molar-refractivity contribution in [3.05, 3.63) is 48.2 Å². The molecule has 1 atom stereocenters. The zero-order chi connectivity index (χ0) is 29.0. The van der Waals surface area contributed by atoms with Crippen LogP contribution in [0.2, 0.25) is 0 Å². The molecule has 2 heterocycles. The molecule has 0 spiro atoms. The summed E-state index contributed by atoms with van der Waals surface area (Å²) >= 11 is 1.61. The lowest BCUT2D eigenvalue weighted by atomic mass is 9.90. The van der Waals surface area contributed by atoms with Crippen molar-refractivity contribution in [1.29, 1.82) is 0 Å². The normalized spacial score (nSPS) is 21.5. The maximum atomic E-state index is 13.6. The van der Waals surface area contributed by atoms with E-state index in [0.717, 1.165) is 66.9 Å². The van der Waals surface area contributed by atoms with E-state index in [0.29, 0.717) is 23.0 Å². The van der Waals surface area contributed by atoms with Crippen LogP contribution in [0, 0.1) is 11.8 Å². The van der Waals surface area contributed by atoms with Crippen molar-refractivity contribution in [2.24, 2.45) is 0 Å². The van der Waals surface area contributed by atoms with Gasteiger partial charge in [0.2, 0.25) is 0 Å². The average Bonchev–Trinajstić information content (AvgIpc) is 3.54. The number of hydrogen-bond acceptors (Lipinski definition) is 6. The van der Waals surface area contributed by atoms with Crippen LogP contribution in [-0.2, 0) is 6.54 Å². The van der Waals surface area contributed by atoms with E-state index in [1.807, 2.05) is 30.5 Å². The second kappa shape index (κ2) is 12.9. The number of rotatable bonds is 8. The van der Waals surface area contributed by atoms with Gasteiger partial charge in [-0.2, -0.15) is 13.2 Å². The number of thioether (sulfide) groups is 1. The van der Waals surface area contributed by atoms with Crippen LogP contribution in [0.1, 0.15) is 37.8 Å². The highest BCUT2D eigenvalue weighted by atomic mass is 32.2. The summed E-state index contributed by atoms with van der Waals surface area (Å²) in [6.07, 6.45) is 2.29. The molecule has 0 radical (unpaired) electrons. The Morgan fingerprint density at radius 2 is 1.88 bits per heavy atom. The molecule has 10 heteroatoms. The standard InChI is InChI=1S/C31H37F3N4O2S/c1-40-30-18-25(41-2)12-13-28(30)35-15-4-5-23-17-26-27(6-3-7-29(26)38(23)20-31(32,33)34)36-21-8-10-22(11-9-21)37-16-14-24(39)19-37/h3,6-7,12-13,17-18,21-22,24,35-36,39H,8-11,14-16,19-20H2,1-2H3. The number of hydrogen-bond donors (Lipinski definition) is 3. The fraction of sp³-hybridized carbons (Fsp3) is 0.484. The SMILES string of the molecule is COc1cc(SC)ccc1NCC#Cc1cc2c(NC3CCC(N4CCC(O)C4)CC3)cccc2n1CC(F)(F)F. The molecule has 1 saturated heterocycles. The third-order valence-corrected chi connectivity index (χ3v) is 8.77. The first-order valence-electron chi connectivity index (χ1n) is 14.1. The molecule has 0 amide bonds. The summed E-state index contributed by atoms with van der Waals surface area (Å²) in [4.78, 5) is 3.47. The van der Waals surface area contributed by atoms with Gasteiger partial charge in [-0.3, -0.25) is 4.90 Å². The number of nitrogens with one attached hydrogen (secondary N) is 2. The van der Waals surface area contributed by atoms with E-state index in [1.165, 1.54) is 4.57 Å². The maximum absolute atomic E-state index is 13.6. The van der Waals surface area contributed by atoms with Crippen LogP contribution in [0.3, 0.4) is 0 Å². The van der Waals surface area contributed by atoms with Gasteiger partial charge in [-0.25, -0.2) is 0 Å². The molecule has 41 heavy (non-hydrogen) atoms. The van der Waals surface area contributed by atoms with E-state index in [-0.39, 0.29) is 18.7 Å². The van der Waals surface area contributed by atoms with Crippen LogP contribution in [0.15, 0.2) is 47.4 Å². The summed E-state index contributed by atoms with van der Waals surface area (Å²) in [6, 6.07) is 13.8. The molecule has 3 aromatic rings. The van der Waals surface area contributed by atoms with Crippen LogP contribution in [0.5, 0.6) is 5.75 Å². The zero-order valence-corrected chi connectivity index (χ0v) is 24.2. The molecule has 1 aliphatic heterocycles. The fourth-order valence-electron chi connectivity index (χ4n) is 5.99. The number of aliphatic hydroxyl groups is 1. The molecule has 0 bridgehead atoms. The fourth-order valence-corrected chi connectivity index (χ4v) is 6.42. The van der Waals surface area contributed by atoms with Gasteiger partial charge in [-0.05, 0) is 80.7 Å². The average molecular weight is 587 g/mol. The van der Waals surface area contributed by atoms with Crippen LogP contribution < -0.4 is 15.4 Å². The molecular formula is C31H37F3N4O2S. The molecule has 1 saturated carbocycles. The molecular weight excluding hydrogens is 549 g/mol. The summed E-state index contributed by atoms with van der Waals surface area (Å²) in [6.45, 7) is 0.859. The topological polar surface area (TPSA) is 61.7 Å². The number of alkyl halides is 3. The summed E-state index contributed by atoms with van der Waals surface area (Å²) in [5.41, 5.74) is 2.45. The largest absolute Gasteiger partial charge is 0.495 e. The van der Waals surface area contributed by atoms with Gasteiger partial charge in [0.15, 0.2) is 0 Å². The Labute approximate surface area is 243 Å². The van der Waals surface area contributed by atoms with Gasteiger partial charge >= 0.3 is 6.18 Å². The number of anilines is 2.